The Morgan fingerprint density at radius 3 is 2.28 bits per heavy atom. The van der Waals surface area contributed by atoms with Crippen LogP contribution in [0.4, 0.5) is 4.39 Å². The minimum absolute atomic E-state index is 0.162. The predicted molar refractivity (Wildman–Crippen MR) is 94.4 cm³/mol. The Kier molecular flexibility index (Phi) is 4.49. The molecule has 1 aliphatic heterocycles. The highest BCUT2D eigenvalue weighted by atomic mass is 32.2. The minimum atomic E-state index is -3.69. The van der Waals surface area contributed by atoms with Gasteiger partial charge in [0, 0.05) is 24.8 Å². The van der Waals surface area contributed by atoms with Crippen LogP contribution in [0.5, 0.6) is 0 Å². The van der Waals surface area contributed by atoms with E-state index in [1.54, 1.807) is 22.8 Å². The molecule has 1 aromatic heterocycles. The van der Waals surface area contributed by atoms with E-state index in [1.165, 1.54) is 12.1 Å². The lowest BCUT2D eigenvalue weighted by Gasteiger charge is -2.25. The molecule has 1 aliphatic rings. The zero-order valence-electron chi connectivity index (χ0n) is 15.3. The predicted octanol–water partition coefficient (Wildman–Crippen LogP) is 3.32. The molecule has 136 valence electrons. The lowest BCUT2D eigenvalue weighted by atomic mass is 10.0. The van der Waals surface area contributed by atoms with Crippen molar-refractivity contribution in [3.05, 3.63) is 46.0 Å². The molecule has 0 bridgehead atoms. The van der Waals surface area contributed by atoms with Crippen LogP contribution in [-0.4, -0.2) is 29.0 Å². The second-order valence-electron chi connectivity index (χ2n) is 6.85. The van der Waals surface area contributed by atoms with Crippen molar-refractivity contribution >= 4 is 10.0 Å². The highest BCUT2D eigenvalue weighted by molar-refractivity contribution is 7.89. The molecule has 0 radical (unpaired) electrons. The number of aromatic nitrogens is 2. The summed E-state index contributed by atoms with van der Waals surface area (Å²) in [5.74, 6) is -0.351. The lowest BCUT2D eigenvalue weighted by molar-refractivity contribution is 0.394. The standard InChI is InChI=1S/C18H24FN3O2S/c1-11-9-15(10-12(2)18(11)19)25(23,24)22-8-6-7-16(22)17-13(3)20-21(5)14(17)4/h9-10,16H,6-8H2,1-5H3. The number of benzene rings is 1. The van der Waals surface area contributed by atoms with Gasteiger partial charge in [0.05, 0.1) is 16.6 Å². The fourth-order valence-corrected chi connectivity index (χ4v) is 5.62. The SMILES string of the molecule is Cc1cc(S(=O)(=O)N2CCCC2c2c(C)nn(C)c2C)cc(C)c1F. The minimum Gasteiger partial charge on any atom is -0.272 e. The van der Waals surface area contributed by atoms with Gasteiger partial charge in [-0.25, -0.2) is 12.8 Å². The molecule has 5 nitrogen and oxygen atoms in total. The van der Waals surface area contributed by atoms with Gasteiger partial charge < -0.3 is 0 Å². The molecular weight excluding hydrogens is 341 g/mol. The molecule has 0 amide bonds. The number of sulfonamides is 1. The molecule has 2 aromatic rings. The number of rotatable bonds is 3. The largest absolute Gasteiger partial charge is 0.272 e. The van der Waals surface area contributed by atoms with Crippen LogP contribution in [0.25, 0.3) is 0 Å². The third-order valence-electron chi connectivity index (χ3n) is 5.12. The quantitative estimate of drug-likeness (QED) is 0.838. The van der Waals surface area contributed by atoms with Crippen LogP contribution in [0.3, 0.4) is 0 Å². The molecule has 1 saturated heterocycles. The lowest BCUT2D eigenvalue weighted by Crippen LogP contribution is -2.31. The maximum atomic E-state index is 13.9. The molecule has 3 rings (SSSR count). The first-order valence-electron chi connectivity index (χ1n) is 8.43. The van der Waals surface area contributed by atoms with E-state index < -0.39 is 10.0 Å². The topological polar surface area (TPSA) is 55.2 Å². The van der Waals surface area contributed by atoms with Gasteiger partial charge in [-0.3, -0.25) is 4.68 Å². The zero-order chi connectivity index (χ0) is 18.5. The summed E-state index contributed by atoms with van der Waals surface area (Å²) in [5.41, 5.74) is 3.53. The van der Waals surface area contributed by atoms with Crippen molar-refractivity contribution in [2.45, 2.75) is 51.5 Å². The molecule has 1 aromatic carbocycles. The van der Waals surface area contributed by atoms with Crippen molar-refractivity contribution in [3.8, 4) is 0 Å². The number of hydrogen-bond donors (Lipinski definition) is 0. The maximum Gasteiger partial charge on any atom is 0.243 e. The Morgan fingerprint density at radius 1 is 1.16 bits per heavy atom. The second kappa shape index (κ2) is 6.21. The second-order valence-corrected chi connectivity index (χ2v) is 8.74. The smallest absolute Gasteiger partial charge is 0.243 e. The molecule has 2 heterocycles. The van der Waals surface area contributed by atoms with E-state index in [0.717, 1.165) is 29.8 Å². The van der Waals surface area contributed by atoms with Gasteiger partial charge in [0.25, 0.3) is 0 Å². The number of hydrogen-bond acceptors (Lipinski definition) is 3. The van der Waals surface area contributed by atoms with Gasteiger partial charge in [-0.15, -0.1) is 0 Å². The van der Waals surface area contributed by atoms with Gasteiger partial charge >= 0.3 is 0 Å². The molecule has 0 spiro atoms. The normalized spacial score (nSPS) is 18.9. The van der Waals surface area contributed by atoms with E-state index >= 15 is 0 Å². The molecule has 25 heavy (non-hydrogen) atoms. The Labute approximate surface area is 148 Å². The Balaban J connectivity index is 2.08. The van der Waals surface area contributed by atoms with Gasteiger partial charge in [0.15, 0.2) is 0 Å². The van der Waals surface area contributed by atoms with Crippen molar-refractivity contribution in [3.63, 3.8) is 0 Å². The van der Waals surface area contributed by atoms with Crippen LogP contribution in [-0.2, 0) is 17.1 Å². The van der Waals surface area contributed by atoms with Crippen LogP contribution >= 0.6 is 0 Å². The van der Waals surface area contributed by atoms with Crippen LogP contribution in [0.15, 0.2) is 17.0 Å². The first-order chi connectivity index (χ1) is 11.6. The van der Waals surface area contributed by atoms with E-state index in [1.807, 2.05) is 20.9 Å². The van der Waals surface area contributed by atoms with Gasteiger partial charge in [-0.2, -0.15) is 9.40 Å². The molecule has 1 unspecified atom stereocenters. The fourth-order valence-electron chi connectivity index (χ4n) is 3.78. The number of aryl methyl sites for hydroxylation is 4. The first kappa shape index (κ1) is 18.1. The maximum absolute atomic E-state index is 13.9. The zero-order valence-corrected chi connectivity index (χ0v) is 16.1. The van der Waals surface area contributed by atoms with Crippen LogP contribution in [0.1, 0.15) is 47.0 Å². The summed E-state index contributed by atoms with van der Waals surface area (Å²) in [4.78, 5) is 0.162. The van der Waals surface area contributed by atoms with E-state index in [-0.39, 0.29) is 16.8 Å². The van der Waals surface area contributed by atoms with Gasteiger partial charge in [0.2, 0.25) is 10.0 Å². The molecule has 0 aliphatic carbocycles. The van der Waals surface area contributed by atoms with Crippen LogP contribution < -0.4 is 0 Å². The van der Waals surface area contributed by atoms with E-state index in [4.69, 9.17) is 0 Å². The highest BCUT2D eigenvalue weighted by Gasteiger charge is 2.38. The van der Waals surface area contributed by atoms with E-state index in [9.17, 15) is 12.8 Å². The average molecular weight is 365 g/mol. The third kappa shape index (κ3) is 2.89. The highest BCUT2D eigenvalue weighted by Crippen LogP contribution is 2.39. The van der Waals surface area contributed by atoms with Crippen molar-refractivity contribution in [2.24, 2.45) is 7.05 Å². The van der Waals surface area contributed by atoms with Crippen LogP contribution in [0.2, 0.25) is 0 Å². The van der Waals surface area contributed by atoms with E-state index in [0.29, 0.717) is 17.7 Å². The van der Waals surface area contributed by atoms with Gasteiger partial charge in [-0.1, -0.05) is 0 Å². The third-order valence-corrected chi connectivity index (χ3v) is 7.00. The Hall–Kier alpha value is -1.73. The van der Waals surface area contributed by atoms with Crippen molar-refractivity contribution < 1.29 is 12.8 Å². The van der Waals surface area contributed by atoms with Crippen LogP contribution in [0, 0.1) is 33.5 Å². The monoisotopic (exact) mass is 365 g/mol. The van der Waals surface area contributed by atoms with Crippen molar-refractivity contribution in [2.75, 3.05) is 6.54 Å². The fraction of sp³-hybridized carbons (Fsp3) is 0.500. The summed E-state index contributed by atoms with van der Waals surface area (Å²) < 4.78 is 43.7. The molecule has 1 atom stereocenters. The van der Waals surface area contributed by atoms with Gasteiger partial charge in [-0.05, 0) is 63.8 Å². The summed E-state index contributed by atoms with van der Waals surface area (Å²) in [7, 11) is -1.83. The summed E-state index contributed by atoms with van der Waals surface area (Å²) >= 11 is 0. The van der Waals surface area contributed by atoms with Crippen molar-refractivity contribution in [1.29, 1.82) is 0 Å². The molecular formula is C18H24FN3O2S. The Bertz CT molecular complexity index is 911. The number of halogens is 1. The Morgan fingerprint density at radius 2 is 1.76 bits per heavy atom. The van der Waals surface area contributed by atoms with E-state index in [2.05, 4.69) is 5.10 Å². The summed E-state index contributed by atoms with van der Waals surface area (Å²) in [6, 6.07) is 2.64. The number of nitrogens with zero attached hydrogens (tertiary/aromatic N) is 3. The molecule has 1 fully saturated rings. The molecule has 7 heteroatoms. The molecule has 0 saturated carbocycles. The summed E-state index contributed by atoms with van der Waals surface area (Å²) in [6.45, 7) is 7.54. The molecule has 0 N–H and O–H groups in total. The first-order valence-corrected chi connectivity index (χ1v) is 9.87. The average Bonchev–Trinajstić information content (AvgIpc) is 3.10. The summed E-state index contributed by atoms with van der Waals surface area (Å²) in [6.07, 6.45) is 1.57. The van der Waals surface area contributed by atoms with Gasteiger partial charge in [0.1, 0.15) is 5.82 Å². The van der Waals surface area contributed by atoms with Crippen molar-refractivity contribution in [1.82, 2.24) is 14.1 Å². The summed E-state index contributed by atoms with van der Waals surface area (Å²) in [5, 5.41) is 4.43.